The molecule has 1 aliphatic heterocycles. The van der Waals surface area contributed by atoms with Gasteiger partial charge in [-0.15, -0.1) is 11.6 Å². The van der Waals surface area contributed by atoms with Gasteiger partial charge in [-0.25, -0.2) is 0 Å². The van der Waals surface area contributed by atoms with Crippen molar-refractivity contribution < 1.29 is 4.74 Å². The summed E-state index contributed by atoms with van der Waals surface area (Å²) in [6.45, 7) is 5.96. The Hall–Kier alpha value is -0.250. The fraction of sp³-hybridized carbons (Fsp3) is 0.571. The van der Waals surface area contributed by atoms with Crippen LogP contribution >= 0.6 is 27.5 Å². The molecule has 0 saturated heterocycles. The first-order chi connectivity index (χ1) is 8.52. The van der Waals surface area contributed by atoms with E-state index in [4.69, 9.17) is 16.3 Å². The van der Waals surface area contributed by atoms with Crippen LogP contribution in [-0.4, -0.2) is 18.0 Å². The van der Waals surface area contributed by atoms with Gasteiger partial charge in [0.15, 0.2) is 0 Å². The molecular weight excluding hydrogens is 314 g/mol. The number of hydrogen-bond acceptors (Lipinski definition) is 2. The monoisotopic (exact) mass is 331 g/mol. The largest absolute Gasteiger partial charge is 0.493 e. The van der Waals surface area contributed by atoms with Crippen molar-refractivity contribution in [2.45, 2.75) is 38.8 Å². The van der Waals surface area contributed by atoms with Crippen LogP contribution in [-0.2, 0) is 13.0 Å². The van der Waals surface area contributed by atoms with Crippen molar-refractivity contribution in [3.8, 4) is 5.75 Å². The zero-order valence-corrected chi connectivity index (χ0v) is 13.2. The Labute approximate surface area is 122 Å². The van der Waals surface area contributed by atoms with Crippen LogP contribution in [0.2, 0.25) is 0 Å². The Balaban J connectivity index is 2.10. The SMILES string of the molecule is CC(C)(CCCl)NCc1cc(Br)cc2c1OCC2. The van der Waals surface area contributed by atoms with Crippen molar-refractivity contribution in [2.75, 3.05) is 12.5 Å². The molecule has 0 aromatic heterocycles. The van der Waals surface area contributed by atoms with Gasteiger partial charge in [0.1, 0.15) is 5.75 Å². The summed E-state index contributed by atoms with van der Waals surface area (Å²) in [4.78, 5) is 0. The van der Waals surface area contributed by atoms with Crippen LogP contribution in [0.25, 0.3) is 0 Å². The molecule has 1 aromatic carbocycles. The summed E-state index contributed by atoms with van der Waals surface area (Å²) >= 11 is 9.38. The lowest BCUT2D eigenvalue weighted by Gasteiger charge is -2.26. The van der Waals surface area contributed by atoms with Crippen LogP contribution < -0.4 is 10.1 Å². The molecular formula is C14H19BrClNO. The number of halogens is 2. The van der Waals surface area contributed by atoms with Crippen molar-refractivity contribution in [3.05, 3.63) is 27.7 Å². The third kappa shape index (κ3) is 3.40. The maximum Gasteiger partial charge on any atom is 0.127 e. The summed E-state index contributed by atoms with van der Waals surface area (Å²) < 4.78 is 6.85. The van der Waals surface area contributed by atoms with E-state index in [1.54, 1.807) is 0 Å². The molecule has 0 aliphatic carbocycles. The number of nitrogens with one attached hydrogen (secondary N) is 1. The van der Waals surface area contributed by atoms with Crippen molar-refractivity contribution in [3.63, 3.8) is 0 Å². The second-order valence-corrected chi connectivity index (χ2v) is 6.62. The third-order valence-corrected chi connectivity index (χ3v) is 3.95. The van der Waals surface area contributed by atoms with E-state index in [-0.39, 0.29) is 5.54 Å². The van der Waals surface area contributed by atoms with Gasteiger partial charge in [0.25, 0.3) is 0 Å². The minimum atomic E-state index is 0.0511. The van der Waals surface area contributed by atoms with Gasteiger partial charge in [-0.2, -0.15) is 0 Å². The fourth-order valence-corrected chi connectivity index (χ4v) is 3.16. The molecule has 0 fully saturated rings. The van der Waals surface area contributed by atoms with E-state index in [9.17, 15) is 0 Å². The lowest BCUT2D eigenvalue weighted by Crippen LogP contribution is -2.39. The topological polar surface area (TPSA) is 21.3 Å². The Morgan fingerprint density at radius 1 is 1.44 bits per heavy atom. The Bertz CT molecular complexity index is 434. The molecule has 1 N–H and O–H groups in total. The molecule has 1 aliphatic rings. The Morgan fingerprint density at radius 2 is 2.22 bits per heavy atom. The molecule has 2 nitrogen and oxygen atoms in total. The Kier molecular flexibility index (Phi) is 4.57. The van der Waals surface area contributed by atoms with Gasteiger partial charge < -0.3 is 10.1 Å². The molecule has 0 saturated carbocycles. The van der Waals surface area contributed by atoms with Crippen molar-refractivity contribution in [2.24, 2.45) is 0 Å². The number of alkyl halides is 1. The molecule has 0 amide bonds. The number of fused-ring (bicyclic) bond motifs is 1. The highest BCUT2D eigenvalue weighted by Gasteiger charge is 2.20. The van der Waals surface area contributed by atoms with Crippen LogP contribution in [0.1, 0.15) is 31.4 Å². The first kappa shape index (κ1) is 14.2. The van der Waals surface area contributed by atoms with E-state index in [2.05, 4.69) is 47.2 Å². The van der Waals surface area contributed by atoms with Crippen LogP contribution in [0.4, 0.5) is 0 Å². The number of rotatable bonds is 5. The average molecular weight is 333 g/mol. The van der Waals surface area contributed by atoms with Gasteiger partial charge in [-0.1, -0.05) is 15.9 Å². The van der Waals surface area contributed by atoms with Gasteiger partial charge in [-0.3, -0.25) is 0 Å². The zero-order valence-electron chi connectivity index (χ0n) is 10.9. The molecule has 4 heteroatoms. The zero-order chi connectivity index (χ0) is 13.2. The van der Waals surface area contributed by atoms with E-state index in [0.29, 0.717) is 5.88 Å². The van der Waals surface area contributed by atoms with E-state index in [0.717, 1.165) is 36.2 Å². The van der Waals surface area contributed by atoms with E-state index >= 15 is 0 Å². The summed E-state index contributed by atoms with van der Waals surface area (Å²) in [5.41, 5.74) is 2.58. The van der Waals surface area contributed by atoms with Crippen molar-refractivity contribution in [1.29, 1.82) is 0 Å². The third-order valence-electron chi connectivity index (χ3n) is 3.30. The second kappa shape index (κ2) is 5.81. The minimum Gasteiger partial charge on any atom is -0.493 e. The maximum atomic E-state index is 5.81. The Morgan fingerprint density at radius 3 is 2.94 bits per heavy atom. The smallest absolute Gasteiger partial charge is 0.127 e. The summed E-state index contributed by atoms with van der Waals surface area (Å²) in [6, 6.07) is 4.28. The van der Waals surface area contributed by atoms with Gasteiger partial charge in [-0.05, 0) is 38.0 Å². The van der Waals surface area contributed by atoms with Crippen LogP contribution in [0, 0.1) is 0 Å². The highest BCUT2D eigenvalue weighted by Crippen LogP contribution is 2.33. The lowest BCUT2D eigenvalue weighted by molar-refractivity contribution is 0.343. The van der Waals surface area contributed by atoms with Gasteiger partial charge in [0.05, 0.1) is 6.61 Å². The standard InChI is InChI=1S/C14H19BrClNO/c1-14(2,4-5-16)17-9-11-8-12(15)7-10-3-6-18-13(10)11/h7-8,17H,3-6,9H2,1-2H3. The molecule has 1 heterocycles. The van der Waals surface area contributed by atoms with E-state index < -0.39 is 0 Å². The molecule has 0 spiro atoms. The van der Waals surface area contributed by atoms with Crippen LogP contribution in [0.5, 0.6) is 5.75 Å². The normalized spacial score (nSPS) is 14.4. The highest BCUT2D eigenvalue weighted by atomic mass is 79.9. The van der Waals surface area contributed by atoms with Crippen LogP contribution in [0.15, 0.2) is 16.6 Å². The summed E-state index contributed by atoms with van der Waals surface area (Å²) in [7, 11) is 0. The molecule has 0 unspecified atom stereocenters. The molecule has 1 aromatic rings. The molecule has 2 rings (SSSR count). The van der Waals surface area contributed by atoms with Crippen LogP contribution in [0.3, 0.4) is 0 Å². The first-order valence-electron chi connectivity index (χ1n) is 6.27. The van der Waals surface area contributed by atoms with Gasteiger partial charge >= 0.3 is 0 Å². The maximum absolute atomic E-state index is 5.81. The van der Waals surface area contributed by atoms with E-state index in [1.807, 2.05) is 0 Å². The van der Waals surface area contributed by atoms with Gasteiger partial charge in [0, 0.05) is 34.4 Å². The van der Waals surface area contributed by atoms with Crippen molar-refractivity contribution in [1.82, 2.24) is 5.32 Å². The molecule has 100 valence electrons. The summed E-state index contributed by atoms with van der Waals surface area (Å²) in [5.74, 6) is 1.74. The summed E-state index contributed by atoms with van der Waals surface area (Å²) in [6.07, 6.45) is 1.96. The van der Waals surface area contributed by atoms with Crippen molar-refractivity contribution >= 4 is 27.5 Å². The molecule has 0 atom stereocenters. The number of benzene rings is 1. The molecule has 0 bridgehead atoms. The minimum absolute atomic E-state index is 0.0511. The predicted octanol–water partition coefficient (Wildman–Crippen LogP) is 3.88. The van der Waals surface area contributed by atoms with Gasteiger partial charge in [0.2, 0.25) is 0 Å². The molecule has 18 heavy (non-hydrogen) atoms. The fourth-order valence-electron chi connectivity index (χ4n) is 2.14. The predicted molar refractivity (Wildman–Crippen MR) is 79.6 cm³/mol. The average Bonchev–Trinajstić information content (AvgIpc) is 2.73. The summed E-state index contributed by atoms with van der Waals surface area (Å²) in [5, 5.41) is 3.55. The highest BCUT2D eigenvalue weighted by molar-refractivity contribution is 9.10. The lowest BCUT2D eigenvalue weighted by atomic mass is 10.0. The van der Waals surface area contributed by atoms with E-state index in [1.165, 1.54) is 11.1 Å². The number of ether oxygens (including phenoxy) is 1. The number of hydrogen-bond donors (Lipinski definition) is 1. The quantitative estimate of drug-likeness (QED) is 0.826. The first-order valence-corrected chi connectivity index (χ1v) is 7.60. The second-order valence-electron chi connectivity index (χ2n) is 5.33. The molecule has 0 radical (unpaired) electrons.